The second-order valence-electron chi connectivity index (χ2n) is 6.41. The Morgan fingerprint density at radius 2 is 2.04 bits per heavy atom. The molecule has 0 saturated carbocycles. The molecule has 0 radical (unpaired) electrons. The van der Waals surface area contributed by atoms with E-state index >= 15 is 0 Å². The molecule has 0 aromatic carbocycles. The van der Waals surface area contributed by atoms with E-state index in [2.05, 4.69) is 55.3 Å². The Kier molecular flexibility index (Phi) is 12.2. The topological polar surface area (TPSA) is 54.2 Å². The molecule has 23 heavy (non-hydrogen) atoms. The molecule has 1 atom stereocenters. The van der Waals surface area contributed by atoms with Crippen LogP contribution in [0.25, 0.3) is 0 Å². The highest BCUT2D eigenvalue weighted by Crippen LogP contribution is 2.08. The Balaban J connectivity index is 0.00000484. The molecule has 0 saturated heterocycles. The zero-order valence-corrected chi connectivity index (χ0v) is 17.6. The number of aryl methyl sites for hydroxylation is 1. The maximum atomic E-state index is 4.63. The van der Waals surface area contributed by atoms with Crippen molar-refractivity contribution >= 4 is 29.9 Å². The van der Waals surface area contributed by atoms with E-state index < -0.39 is 0 Å². The molecule has 0 amide bonds. The van der Waals surface area contributed by atoms with Crippen LogP contribution in [0.15, 0.2) is 17.4 Å². The van der Waals surface area contributed by atoms with Gasteiger partial charge in [0.1, 0.15) is 0 Å². The fourth-order valence-corrected chi connectivity index (χ4v) is 2.31. The van der Waals surface area contributed by atoms with E-state index in [9.17, 15) is 0 Å². The number of guanidine groups is 1. The predicted octanol–water partition coefficient (Wildman–Crippen LogP) is 3.58. The van der Waals surface area contributed by atoms with Crippen molar-refractivity contribution in [3.8, 4) is 0 Å². The van der Waals surface area contributed by atoms with Crippen molar-refractivity contribution in [1.82, 2.24) is 20.4 Å². The summed E-state index contributed by atoms with van der Waals surface area (Å²) in [5.74, 6) is 1.69. The highest BCUT2D eigenvalue weighted by atomic mass is 127. The van der Waals surface area contributed by atoms with Crippen molar-refractivity contribution in [3.05, 3.63) is 18.0 Å². The third kappa shape index (κ3) is 10.6. The van der Waals surface area contributed by atoms with Crippen LogP contribution in [-0.2, 0) is 6.54 Å². The molecule has 1 rings (SSSR count). The van der Waals surface area contributed by atoms with Gasteiger partial charge < -0.3 is 10.6 Å². The molecule has 1 heterocycles. The lowest BCUT2D eigenvalue weighted by molar-refractivity contribution is 0.491. The first-order valence-corrected chi connectivity index (χ1v) is 8.55. The first-order chi connectivity index (χ1) is 10.5. The lowest BCUT2D eigenvalue weighted by Crippen LogP contribution is -2.42. The minimum Gasteiger partial charge on any atom is -0.357 e. The van der Waals surface area contributed by atoms with Crippen molar-refractivity contribution < 1.29 is 0 Å². The number of nitrogens with zero attached hydrogens (tertiary/aromatic N) is 3. The summed E-state index contributed by atoms with van der Waals surface area (Å²) in [6.07, 6.45) is 7.66. The summed E-state index contributed by atoms with van der Waals surface area (Å²) >= 11 is 0. The summed E-state index contributed by atoms with van der Waals surface area (Å²) in [4.78, 5) is 4.63. The van der Waals surface area contributed by atoms with Crippen LogP contribution in [0.5, 0.6) is 0 Å². The fraction of sp³-hybridized carbons (Fsp3) is 0.765. The van der Waals surface area contributed by atoms with E-state index in [4.69, 9.17) is 0 Å². The zero-order chi connectivity index (χ0) is 16.4. The minimum atomic E-state index is 0. The SMILES string of the molecule is CCNC(=NCCn1cc(C)cn1)NC(C)CCCC(C)C.I. The highest BCUT2D eigenvalue weighted by molar-refractivity contribution is 14.0. The van der Waals surface area contributed by atoms with Crippen LogP contribution in [0.1, 0.15) is 52.5 Å². The van der Waals surface area contributed by atoms with Gasteiger partial charge in [0.05, 0.1) is 19.3 Å². The van der Waals surface area contributed by atoms with Gasteiger partial charge in [0.15, 0.2) is 5.96 Å². The average molecular weight is 435 g/mol. The highest BCUT2D eigenvalue weighted by Gasteiger charge is 2.05. The standard InChI is InChI=1S/C17H33N5.HI/c1-6-18-17(21-16(5)9-7-8-14(2)3)19-10-11-22-13-15(4)12-20-22;/h12-14,16H,6-11H2,1-5H3,(H2,18,19,21);1H. The summed E-state index contributed by atoms with van der Waals surface area (Å²) < 4.78 is 1.94. The van der Waals surface area contributed by atoms with Gasteiger partial charge >= 0.3 is 0 Å². The second kappa shape index (κ2) is 12.6. The quantitative estimate of drug-likeness (QED) is 0.354. The Bertz CT molecular complexity index is 442. The van der Waals surface area contributed by atoms with Gasteiger partial charge in [-0.3, -0.25) is 9.67 Å². The molecule has 0 spiro atoms. The average Bonchev–Trinajstić information content (AvgIpc) is 2.84. The third-order valence-corrected chi connectivity index (χ3v) is 3.51. The number of aromatic nitrogens is 2. The van der Waals surface area contributed by atoms with Crippen molar-refractivity contribution in [2.75, 3.05) is 13.1 Å². The van der Waals surface area contributed by atoms with Crippen LogP contribution in [0.2, 0.25) is 0 Å². The van der Waals surface area contributed by atoms with Gasteiger partial charge in [0.2, 0.25) is 0 Å². The molecule has 0 aliphatic rings. The molecular formula is C17H34IN5. The molecule has 0 fully saturated rings. The van der Waals surface area contributed by atoms with Crippen molar-refractivity contribution in [1.29, 1.82) is 0 Å². The largest absolute Gasteiger partial charge is 0.357 e. The number of rotatable bonds is 9. The molecule has 1 unspecified atom stereocenters. The van der Waals surface area contributed by atoms with E-state index in [1.54, 1.807) is 0 Å². The van der Waals surface area contributed by atoms with Crippen LogP contribution in [0.4, 0.5) is 0 Å². The van der Waals surface area contributed by atoms with Crippen molar-refractivity contribution in [2.45, 2.75) is 66.5 Å². The van der Waals surface area contributed by atoms with Crippen LogP contribution in [0.3, 0.4) is 0 Å². The molecule has 6 heteroatoms. The molecule has 0 aliphatic heterocycles. The summed E-state index contributed by atoms with van der Waals surface area (Å²) in [5, 5.41) is 11.1. The number of hydrogen-bond acceptors (Lipinski definition) is 2. The van der Waals surface area contributed by atoms with E-state index in [1.807, 2.05) is 17.1 Å². The molecule has 5 nitrogen and oxygen atoms in total. The zero-order valence-electron chi connectivity index (χ0n) is 15.3. The Labute approximate surface area is 158 Å². The van der Waals surface area contributed by atoms with Crippen LogP contribution >= 0.6 is 24.0 Å². The maximum absolute atomic E-state index is 4.63. The molecule has 134 valence electrons. The molecule has 2 N–H and O–H groups in total. The lowest BCUT2D eigenvalue weighted by atomic mass is 10.0. The van der Waals surface area contributed by atoms with Gasteiger partial charge in [0.25, 0.3) is 0 Å². The van der Waals surface area contributed by atoms with Gasteiger partial charge in [-0.1, -0.05) is 26.7 Å². The Hall–Kier alpha value is -0.790. The van der Waals surface area contributed by atoms with Gasteiger partial charge in [0, 0.05) is 18.8 Å². The van der Waals surface area contributed by atoms with Crippen LogP contribution in [-0.4, -0.2) is 34.9 Å². The number of nitrogens with one attached hydrogen (secondary N) is 2. The van der Waals surface area contributed by atoms with E-state index in [-0.39, 0.29) is 24.0 Å². The second-order valence-corrected chi connectivity index (χ2v) is 6.41. The van der Waals surface area contributed by atoms with Gasteiger partial charge in [-0.25, -0.2) is 0 Å². The molecule has 0 bridgehead atoms. The predicted molar refractivity (Wildman–Crippen MR) is 110 cm³/mol. The fourth-order valence-electron chi connectivity index (χ4n) is 2.31. The summed E-state index contributed by atoms with van der Waals surface area (Å²) in [6.45, 7) is 13.4. The van der Waals surface area contributed by atoms with E-state index in [0.29, 0.717) is 6.04 Å². The first kappa shape index (κ1) is 22.2. The summed E-state index contributed by atoms with van der Waals surface area (Å²) in [5.41, 5.74) is 1.19. The summed E-state index contributed by atoms with van der Waals surface area (Å²) in [7, 11) is 0. The summed E-state index contributed by atoms with van der Waals surface area (Å²) in [6, 6.07) is 0.448. The lowest BCUT2D eigenvalue weighted by Gasteiger charge is -2.18. The van der Waals surface area contributed by atoms with Crippen LogP contribution in [0, 0.1) is 12.8 Å². The number of halogens is 1. The molecular weight excluding hydrogens is 401 g/mol. The smallest absolute Gasteiger partial charge is 0.191 e. The number of aliphatic imine (C=N–C) groups is 1. The first-order valence-electron chi connectivity index (χ1n) is 8.55. The molecule has 1 aromatic rings. The Morgan fingerprint density at radius 1 is 1.30 bits per heavy atom. The Morgan fingerprint density at radius 3 is 2.61 bits per heavy atom. The van der Waals surface area contributed by atoms with Gasteiger partial charge in [-0.2, -0.15) is 5.10 Å². The van der Waals surface area contributed by atoms with Crippen LogP contribution < -0.4 is 10.6 Å². The van der Waals surface area contributed by atoms with Gasteiger partial charge in [-0.05, 0) is 38.7 Å². The minimum absolute atomic E-state index is 0. The molecule has 1 aromatic heterocycles. The van der Waals surface area contributed by atoms with Crippen molar-refractivity contribution in [3.63, 3.8) is 0 Å². The monoisotopic (exact) mass is 435 g/mol. The van der Waals surface area contributed by atoms with Gasteiger partial charge in [-0.15, -0.1) is 24.0 Å². The molecule has 0 aliphatic carbocycles. The third-order valence-electron chi connectivity index (χ3n) is 3.51. The normalized spacial score (nSPS) is 12.9. The van der Waals surface area contributed by atoms with Crippen molar-refractivity contribution in [2.24, 2.45) is 10.9 Å². The van der Waals surface area contributed by atoms with E-state index in [0.717, 1.165) is 31.5 Å². The van der Waals surface area contributed by atoms with E-state index in [1.165, 1.54) is 24.8 Å². The maximum Gasteiger partial charge on any atom is 0.191 e. The number of hydrogen-bond donors (Lipinski definition) is 2.